The molecule has 2 aromatic carbocycles. The van der Waals surface area contributed by atoms with Crippen molar-refractivity contribution in [2.24, 2.45) is 0 Å². The average molecular weight is 636 g/mol. The third kappa shape index (κ3) is 3.19. The first kappa shape index (κ1) is 23.1. The van der Waals surface area contributed by atoms with Gasteiger partial charge in [0.05, 0.1) is 0 Å². The summed E-state index contributed by atoms with van der Waals surface area (Å²) in [6.07, 6.45) is 18.8. The summed E-state index contributed by atoms with van der Waals surface area (Å²) < 4.78 is 6.60. The predicted octanol–water partition coefficient (Wildman–Crippen LogP) is 1.88. The van der Waals surface area contributed by atoms with Gasteiger partial charge in [0.15, 0.2) is 0 Å². The first-order valence-electron chi connectivity index (χ1n) is 11.6. The van der Waals surface area contributed by atoms with Crippen LogP contribution in [-0.4, -0.2) is 0 Å². The maximum atomic E-state index is 2.50. The summed E-state index contributed by atoms with van der Waals surface area (Å²) in [7, 11) is 0. The molecule has 0 amide bonds. The van der Waals surface area contributed by atoms with Gasteiger partial charge in [0, 0.05) is 0 Å². The molecule has 0 spiro atoms. The Bertz CT molecular complexity index is 1260. The van der Waals surface area contributed by atoms with E-state index in [0.29, 0.717) is 11.8 Å². The molecule has 1 aliphatic heterocycles. The van der Waals surface area contributed by atoms with Crippen molar-refractivity contribution in [3.05, 3.63) is 130 Å². The van der Waals surface area contributed by atoms with Crippen LogP contribution in [0.1, 0.15) is 45.2 Å². The molecule has 2 unspecified atom stereocenters. The third-order valence-electron chi connectivity index (χ3n) is 7.96. The molecule has 3 heteroatoms. The standard InChI is InChI=1S/2C14H11.C2H4.2ClH.Hf/c2*1-10-6-7-14-12(8-10)9-11-4-2-3-5-13(11)14;1-2;;;/h2*2-8,13H,1H3;1-2H2;2*1H;/q;;;;;+2/p-2. The molecule has 0 nitrogen and oxygen atoms in total. The summed E-state index contributed by atoms with van der Waals surface area (Å²) in [5.74, 6) is 0.935. The van der Waals surface area contributed by atoms with Gasteiger partial charge < -0.3 is 24.8 Å². The number of halogens is 2. The number of allylic oxidation sites excluding steroid dienone is 10. The van der Waals surface area contributed by atoms with E-state index >= 15 is 0 Å². The van der Waals surface area contributed by atoms with Crippen molar-refractivity contribution >= 4 is 6.66 Å². The summed E-state index contributed by atoms with van der Waals surface area (Å²) in [5.41, 5.74) is 12.3. The number of benzene rings is 2. The van der Waals surface area contributed by atoms with Gasteiger partial charge in [0.2, 0.25) is 0 Å². The molecule has 33 heavy (non-hydrogen) atoms. The van der Waals surface area contributed by atoms with Crippen molar-refractivity contribution in [3.63, 3.8) is 0 Å². The molecular weight excluding hydrogens is 610 g/mol. The fraction of sp³-hybridized carbons (Fsp3) is 0.200. The molecule has 0 bridgehead atoms. The van der Waals surface area contributed by atoms with Gasteiger partial charge >= 0.3 is 190 Å². The Hall–Kier alpha value is -1.67. The zero-order valence-electron chi connectivity index (χ0n) is 18.9. The van der Waals surface area contributed by atoms with Crippen molar-refractivity contribution in [3.8, 4) is 0 Å². The van der Waals surface area contributed by atoms with E-state index in [9.17, 15) is 0 Å². The molecule has 0 saturated carbocycles. The van der Waals surface area contributed by atoms with E-state index in [0.717, 1.165) is 0 Å². The molecule has 164 valence electrons. The van der Waals surface area contributed by atoms with E-state index < -0.39 is 20.0 Å². The molecular formula is C30H26Cl2Hf. The molecule has 1 fully saturated rings. The second-order valence-electron chi connectivity index (χ2n) is 9.87. The maximum Gasteiger partial charge on any atom is -1.00 e. The van der Waals surface area contributed by atoms with E-state index in [1.165, 1.54) is 19.5 Å². The molecule has 0 N–H and O–H groups in total. The van der Waals surface area contributed by atoms with Gasteiger partial charge in [-0.3, -0.25) is 0 Å². The Morgan fingerprint density at radius 1 is 0.636 bits per heavy atom. The Labute approximate surface area is 213 Å². The summed E-state index contributed by atoms with van der Waals surface area (Å²) >= 11 is -2.91. The van der Waals surface area contributed by atoms with Crippen LogP contribution in [0, 0.1) is 13.8 Å². The summed E-state index contributed by atoms with van der Waals surface area (Å²) in [6.45, 7) is 4.51. The Balaban J connectivity index is 0.00000114. The zero-order valence-corrected chi connectivity index (χ0v) is 24.0. The summed E-state index contributed by atoms with van der Waals surface area (Å²) in [6, 6.07) is 14.4. The van der Waals surface area contributed by atoms with Gasteiger partial charge in [-0.25, -0.2) is 0 Å². The maximum absolute atomic E-state index is 2.91. The Morgan fingerprint density at radius 3 is 1.52 bits per heavy atom. The van der Waals surface area contributed by atoms with Crippen LogP contribution >= 0.6 is 0 Å². The predicted molar refractivity (Wildman–Crippen MR) is 128 cm³/mol. The largest absolute Gasteiger partial charge is 1.00 e. The van der Waals surface area contributed by atoms with Gasteiger partial charge in [-0.15, -0.1) is 0 Å². The normalized spacial score (nSPS) is 23.1. The summed E-state index contributed by atoms with van der Waals surface area (Å²) in [5, 5.41) is 0. The number of hydrogen-bond donors (Lipinski definition) is 0. The van der Waals surface area contributed by atoms with Crippen molar-refractivity contribution in [1.29, 1.82) is 0 Å². The molecule has 4 aliphatic carbocycles. The minimum Gasteiger partial charge on any atom is -1.00 e. The van der Waals surface area contributed by atoms with Crippen LogP contribution in [0.4, 0.5) is 0 Å². The van der Waals surface area contributed by atoms with Gasteiger partial charge in [0.25, 0.3) is 0 Å². The van der Waals surface area contributed by atoms with Crippen LogP contribution in [0.25, 0.3) is 6.66 Å². The number of fused-ring (bicyclic) bond motifs is 6. The van der Waals surface area contributed by atoms with Gasteiger partial charge in [-0.05, 0) is 0 Å². The molecule has 0 aromatic heterocycles. The SMILES string of the molecule is Cc1ccc2c(c1)[C]([Hf+2]1([C]3=C4C=CC=CC4c4ccc(C)cc43)[CH2][CH2]1)=C1C=CC=CC12.[Cl-].[Cl-]. The quantitative estimate of drug-likeness (QED) is 0.443. The topological polar surface area (TPSA) is 0 Å². The van der Waals surface area contributed by atoms with E-state index in [4.69, 9.17) is 0 Å². The van der Waals surface area contributed by atoms with E-state index in [1.807, 2.05) is 6.66 Å². The number of rotatable bonds is 2. The molecule has 0 radical (unpaired) electrons. The first-order valence-corrected chi connectivity index (χ1v) is 20.3. The van der Waals surface area contributed by atoms with Crippen molar-refractivity contribution in [2.75, 3.05) is 0 Å². The Morgan fingerprint density at radius 2 is 1.09 bits per heavy atom. The smallest absolute Gasteiger partial charge is 1.00 e. The zero-order chi connectivity index (χ0) is 20.7. The van der Waals surface area contributed by atoms with Crippen LogP contribution in [0.2, 0.25) is 8.35 Å². The molecule has 1 saturated heterocycles. The van der Waals surface area contributed by atoms with E-state index in [1.54, 1.807) is 33.4 Å². The third-order valence-corrected chi connectivity index (χ3v) is 24.2. The van der Waals surface area contributed by atoms with Crippen LogP contribution in [0.5, 0.6) is 0 Å². The van der Waals surface area contributed by atoms with Crippen LogP contribution in [0.3, 0.4) is 0 Å². The first-order chi connectivity index (χ1) is 15.2. The Kier molecular flexibility index (Phi) is 5.75. The van der Waals surface area contributed by atoms with Crippen molar-refractivity contribution < 1.29 is 44.8 Å². The number of aryl methyl sites for hydroxylation is 2. The van der Waals surface area contributed by atoms with Crippen molar-refractivity contribution in [1.82, 2.24) is 0 Å². The minimum atomic E-state index is -2.91. The molecule has 2 atom stereocenters. The van der Waals surface area contributed by atoms with Gasteiger partial charge in [0.1, 0.15) is 0 Å². The van der Waals surface area contributed by atoms with Gasteiger partial charge in [-0.1, -0.05) is 0 Å². The monoisotopic (exact) mass is 636 g/mol. The molecule has 5 aliphatic rings. The minimum absolute atomic E-state index is 0. The second-order valence-corrected chi connectivity index (χ2v) is 24.8. The van der Waals surface area contributed by atoms with Crippen LogP contribution in [0.15, 0.2) is 96.2 Å². The molecule has 2 aromatic rings. The molecule has 1 heterocycles. The van der Waals surface area contributed by atoms with Crippen molar-refractivity contribution in [2.45, 2.75) is 34.0 Å². The fourth-order valence-electron chi connectivity index (χ4n) is 6.55. The average Bonchev–Trinajstić information content (AvgIpc) is 3.39. The fourth-order valence-corrected chi connectivity index (χ4v) is 30.2. The second kappa shape index (κ2) is 8.22. The van der Waals surface area contributed by atoms with E-state index in [2.05, 4.69) is 98.9 Å². The van der Waals surface area contributed by atoms with Crippen LogP contribution < -0.4 is 24.8 Å². The molecule has 7 rings (SSSR count). The van der Waals surface area contributed by atoms with E-state index in [-0.39, 0.29) is 24.8 Å². The van der Waals surface area contributed by atoms with Crippen LogP contribution in [-0.2, 0) is 20.0 Å². The number of hydrogen-bond acceptors (Lipinski definition) is 0. The summed E-state index contributed by atoms with van der Waals surface area (Å²) in [4.78, 5) is 0. The van der Waals surface area contributed by atoms with Gasteiger partial charge in [-0.2, -0.15) is 0 Å².